The molecular weight excluding hydrogens is 546 g/mol. The summed E-state index contributed by atoms with van der Waals surface area (Å²) in [5.41, 5.74) is 13.9. The van der Waals surface area contributed by atoms with Gasteiger partial charge in [0.15, 0.2) is 6.17 Å². The lowest BCUT2D eigenvalue weighted by Crippen LogP contribution is -2.36. The summed E-state index contributed by atoms with van der Waals surface area (Å²) in [5.74, 6) is 1.70. The number of nitrogens with one attached hydrogen (secondary N) is 1. The summed E-state index contributed by atoms with van der Waals surface area (Å²) < 4.78 is 0. The molecular formula is C42H31N3. The van der Waals surface area contributed by atoms with Crippen molar-refractivity contribution in [1.82, 2.24) is 5.32 Å². The second kappa shape index (κ2) is 10.6. The quantitative estimate of drug-likeness (QED) is 0.222. The Morgan fingerprint density at radius 1 is 0.578 bits per heavy atom. The molecule has 1 atom stereocenters. The topological polar surface area (TPSA) is 36.8 Å². The first kappa shape index (κ1) is 25.9. The van der Waals surface area contributed by atoms with Crippen molar-refractivity contribution in [1.29, 1.82) is 0 Å². The molecule has 3 nitrogen and oxygen atoms in total. The zero-order chi connectivity index (χ0) is 29.7. The molecule has 9 rings (SSSR count). The molecule has 6 aromatic rings. The van der Waals surface area contributed by atoms with Gasteiger partial charge in [-0.25, -0.2) is 9.98 Å². The maximum absolute atomic E-state index is 5.20. The minimum absolute atomic E-state index is 0.317. The summed E-state index contributed by atoms with van der Waals surface area (Å²) in [7, 11) is 0. The fourth-order valence-corrected chi connectivity index (χ4v) is 7.28. The lowest BCUT2D eigenvalue weighted by atomic mass is 9.86. The van der Waals surface area contributed by atoms with Gasteiger partial charge in [-0.3, -0.25) is 0 Å². The van der Waals surface area contributed by atoms with Crippen LogP contribution in [0.5, 0.6) is 0 Å². The van der Waals surface area contributed by atoms with Crippen LogP contribution in [-0.4, -0.2) is 11.7 Å². The first-order valence-electron chi connectivity index (χ1n) is 15.8. The smallest absolute Gasteiger partial charge is 0.169 e. The lowest BCUT2D eigenvalue weighted by molar-refractivity contribution is 0.756. The van der Waals surface area contributed by atoms with Gasteiger partial charge in [-0.05, 0) is 86.2 Å². The Labute approximate surface area is 263 Å². The number of hydrogen-bond donors (Lipinski definition) is 1. The van der Waals surface area contributed by atoms with Crippen molar-refractivity contribution in [3.8, 4) is 22.3 Å². The number of benzene rings is 6. The molecule has 0 saturated heterocycles. The van der Waals surface area contributed by atoms with Crippen LogP contribution in [0.3, 0.4) is 0 Å². The number of fused-ring (bicyclic) bond motifs is 6. The van der Waals surface area contributed by atoms with Crippen molar-refractivity contribution in [3.63, 3.8) is 0 Å². The van der Waals surface area contributed by atoms with Crippen LogP contribution in [0.15, 0.2) is 143 Å². The van der Waals surface area contributed by atoms with E-state index in [0.717, 1.165) is 47.6 Å². The van der Waals surface area contributed by atoms with E-state index in [0.29, 0.717) is 0 Å². The third-order valence-corrected chi connectivity index (χ3v) is 9.41. The van der Waals surface area contributed by atoms with E-state index < -0.39 is 0 Å². The number of hydrogen-bond acceptors (Lipinski definition) is 3. The van der Waals surface area contributed by atoms with Crippen LogP contribution in [-0.2, 0) is 12.8 Å². The maximum Gasteiger partial charge on any atom is 0.169 e. The third-order valence-electron chi connectivity index (χ3n) is 9.41. The molecule has 0 fully saturated rings. The van der Waals surface area contributed by atoms with Crippen LogP contribution in [0.25, 0.3) is 39.1 Å². The van der Waals surface area contributed by atoms with E-state index in [1.807, 2.05) is 12.1 Å². The highest BCUT2D eigenvalue weighted by atomic mass is 15.2. The molecule has 1 unspecified atom stereocenters. The van der Waals surface area contributed by atoms with Gasteiger partial charge in [0.05, 0.1) is 0 Å². The van der Waals surface area contributed by atoms with E-state index >= 15 is 0 Å². The Balaban J connectivity index is 1.15. The number of aliphatic imine (C=N–C) groups is 2. The lowest BCUT2D eigenvalue weighted by Gasteiger charge is -2.23. The van der Waals surface area contributed by atoms with Crippen LogP contribution in [0, 0.1) is 0 Å². The Hall–Kier alpha value is -5.54. The second-order valence-corrected chi connectivity index (χ2v) is 12.1. The van der Waals surface area contributed by atoms with Gasteiger partial charge in [0.1, 0.15) is 11.7 Å². The van der Waals surface area contributed by atoms with Crippen molar-refractivity contribution in [2.24, 2.45) is 9.98 Å². The minimum Gasteiger partial charge on any atom is -0.324 e. The molecule has 3 aliphatic rings. The molecule has 1 heterocycles. The van der Waals surface area contributed by atoms with E-state index in [-0.39, 0.29) is 6.17 Å². The predicted octanol–water partition coefficient (Wildman–Crippen LogP) is 9.53. The Bertz CT molecular complexity index is 2210. The molecule has 1 N–H and O–H groups in total. The molecule has 2 aliphatic carbocycles. The summed E-state index contributed by atoms with van der Waals surface area (Å²) in [4.78, 5) is 10.2. The summed E-state index contributed by atoms with van der Waals surface area (Å²) in [6.07, 6.45) is 7.42. The molecule has 0 spiro atoms. The van der Waals surface area contributed by atoms with Crippen molar-refractivity contribution in [3.05, 3.63) is 172 Å². The van der Waals surface area contributed by atoms with Crippen LogP contribution >= 0.6 is 0 Å². The second-order valence-electron chi connectivity index (χ2n) is 12.1. The molecule has 1 aliphatic heterocycles. The highest BCUT2D eigenvalue weighted by Gasteiger charge is 2.27. The number of nitrogens with zero attached hydrogens (tertiary/aromatic N) is 2. The van der Waals surface area contributed by atoms with Gasteiger partial charge in [-0.2, -0.15) is 0 Å². The first-order chi connectivity index (χ1) is 22.3. The SMILES string of the molecule is C1=Cc2cc(-c3ccc4c(c3)Cc3cccc(C5=NC(c6ccccc6)N=C(c6ccccc6)N5)c3-4)c3ccccc3c2CC1. The number of allylic oxidation sites excluding steroid dienone is 1. The third kappa shape index (κ3) is 4.43. The average Bonchev–Trinajstić information content (AvgIpc) is 3.50. The Kier molecular flexibility index (Phi) is 6.09. The van der Waals surface area contributed by atoms with Gasteiger partial charge in [0.25, 0.3) is 0 Å². The Morgan fingerprint density at radius 2 is 1.36 bits per heavy atom. The van der Waals surface area contributed by atoms with Crippen molar-refractivity contribution in [2.45, 2.75) is 25.4 Å². The highest BCUT2D eigenvalue weighted by molar-refractivity contribution is 6.18. The van der Waals surface area contributed by atoms with Crippen LogP contribution < -0.4 is 5.32 Å². The van der Waals surface area contributed by atoms with Crippen LogP contribution in [0.2, 0.25) is 0 Å². The van der Waals surface area contributed by atoms with E-state index in [1.54, 1.807) is 0 Å². The molecule has 0 bridgehead atoms. The molecule has 45 heavy (non-hydrogen) atoms. The zero-order valence-electron chi connectivity index (χ0n) is 24.9. The normalized spacial score (nSPS) is 16.3. The largest absolute Gasteiger partial charge is 0.324 e. The molecule has 6 aromatic carbocycles. The van der Waals surface area contributed by atoms with Crippen molar-refractivity contribution < 1.29 is 0 Å². The Morgan fingerprint density at radius 3 is 2.22 bits per heavy atom. The average molecular weight is 578 g/mol. The van der Waals surface area contributed by atoms with Crippen molar-refractivity contribution in [2.75, 3.05) is 0 Å². The van der Waals surface area contributed by atoms with Gasteiger partial charge < -0.3 is 5.32 Å². The van der Waals surface area contributed by atoms with Gasteiger partial charge in [0.2, 0.25) is 0 Å². The fourth-order valence-electron chi connectivity index (χ4n) is 7.28. The van der Waals surface area contributed by atoms with Crippen molar-refractivity contribution >= 4 is 28.5 Å². The molecule has 0 aromatic heterocycles. The van der Waals surface area contributed by atoms with Gasteiger partial charge in [-0.15, -0.1) is 0 Å². The zero-order valence-corrected chi connectivity index (χ0v) is 24.9. The first-order valence-corrected chi connectivity index (χ1v) is 15.8. The fraction of sp³-hybridized carbons (Fsp3) is 0.0952. The monoisotopic (exact) mass is 577 g/mol. The maximum atomic E-state index is 5.20. The molecule has 3 heteroatoms. The van der Waals surface area contributed by atoms with E-state index in [2.05, 4.69) is 133 Å². The minimum atomic E-state index is -0.317. The van der Waals surface area contributed by atoms with E-state index in [1.165, 1.54) is 55.3 Å². The van der Waals surface area contributed by atoms with Crippen LogP contribution in [0.1, 0.15) is 51.5 Å². The predicted molar refractivity (Wildman–Crippen MR) is 187 cm³/mol. The van der Waals surface area contributed by atoms with Gasteiger partial charge >= 0.3 is 0 Å². The summed E-state index contributed by atoms with van der Waals surface area (Å²) in [6.45, 7) is 0. The van der Waals surface area contributed by atoms with E-state index in [4.69, 9.17) is 9.98 Å². The number of rotatable bonds is 4. The number of amidine groups is 2. The standard InChI is InChI=1S/C42H31N3/c1-3-12-27(13-4-1)40-43-41(28-14-5-2-6-15-28)45-42(44-40)37-21-11-17-31-25-32-24-30(22-23-34(32)39(31)37)38-26-29-16-7-8-18-33(29)35-19-9-10-20-36(35)38/h1-7,9-17,19-24,26,40H,8,18,25H2,(H,43,44,45). The summed E-state index contributed by atoms with van der Waals surface area (Å²) in [5, 5.41) is 6.34. The number of aryl methyl sites for hydroxylation is 1. The molecule has 0 saturated carbocycles. The molecule has 0 amide bonds. The van der Waals surface area contributed by atoms with E-state index in [9.17, 15) is 0 Å². The highest BCUT2D eigenvalue weighted by Crippen LogP contribution is 2.43. The molecule has 214 valence electrons. The van der Waals surface area contributed by atoms with Gasteiger partial charge in [0, 0.05) is 11.1 Å². The summed E-state index contributed by atoms with van der Waals surface area (Å²) >= 11 is 0. The summed E-state index contributed by atoms with van der Waals surface area (Å²) in [6, 6.07) is 45.7. The molecule has 0 radical (unpaired) electrons. The van der Waals surface area contributed by atoms with Gasteiger partial charge in [-0.1, -0.05) is 133 Å². The van der Waals surface area contributed by atoms with Crippen LogP contribution in [0.4, 0.5) is 0 Å².